The largest absolute Gasteiger partial charge is 0.586 e. The average molecular weight is 507 g/mol. The molecule has 3 aromatic rings. The molecule has 1 atom stereocenters. The van der Waals surface area contributed by atoms with Crippen LogP contribution < -0.4 is 14.8 Å². The van der Waals surface area contributed by atoms with Crippen LogP contribution >= 0.6 is 0 Å². The van der Waals surface area contributed by atoms with Crippen LogP contribution in [-0.4, -0.2) is 28.3 Å². The van der Waals surface area contributed by atoms with Crippen LogP contribution in [0.25, 0.3) is 11.3 Å². The van der Waals surface area contributed by atoms with Crippen LogP contribution in [0.15, 0.2) is 54.6 Å². The second-order valence-corrected chi connectivity index (χ2v) is 10.0. The van der Waals surface area contributed by atoms with Gasteiger partial charge in [0.15, 0.2) is 11.5 Å². The summed E-state index contributed by atoms with van der Waals surface area (Å²) in [5.41, 5.74) is 2.76. The number of aromatic nitrogens is 1. The van der Waals surface area contributed by atoms with Gasteiger partial charge in [-0.2, -0.15) is 0 Å². The maximum Gasteiger partial charge on any atom is 0.586 e. The van der Waals surface area contributed by atoms with Gasteiger partial charge in [-0.05, 0) is 79.5 Å². The molecule has 2 aromatic carbocycles. The fourth-order valence-electron chi connectivity index (χ4n) is 5.07. The minimum absolute atomic E-state index is 0.0659. The number of carboxylic acid groups (broad SMARTS) is 1. The van der Waals surface area contributed by atoms with E-state index in [1.165, 1.54) is 12.1 Å². The number of ether oxygens (including phenoxy) is 2. The van der Waals surface area contributed by atoms with Crippen molar-refractivity contribution in [3.63, 3.8) is 0 Å². The van der Waals surface area contributed by atoms with Crippen molar-refractivity contribution in [2.45, 2.75) is 50.2 Å². The number of pyridine rings is 1. The minimum Gasteiger partial charge on any atom is -0.481 e. The Morgan fingerprint density at radius 3 is 2.51 bits per heavy atom. The number of hydrogen-bond acceptors (Lipinski definition) is 5. The summed E-state index contributed by atoms with van der Waals surface area (Å²) in [5.74, 6) is -1.30. The smallest absolute Gasteiger partial charge is 0.481 e. The van der Waals surface area contributed by atoms with Gasteiger partial charge in [0.2, 0.25) is 5.91 Å². The van der Waals surface area contributed by atoms with Crippen molar-refractivity contribution in [3.8, 4) is 22.8 Å². The Kier molecular flexibility index (Phi) is 5.22. The summed E-state index contributed by atoms with van der Waals surface area (Å²) in [6.45, 7) is 1.90. The number of halogens is 2. The number of carboxylic acids is 1. The van der Waals surface area contributed by atoms with E-state index in [4.69, 9.17) is 0 Å². The van der Waals surface area contributed by atoms with E-state index in [0.29, 0.717) is 29.9 Å². The van der Waals surface area contributed by atoms with Crippen LogP contribution in [0.1, 0.15) is 48.3 Å². The van der Waals surface area contributed by atoms with Gasteiger partial charge in [0, 0.05) is 5.56 Å². The zero-order valence-corrected chi connectivity index (χ0v) is 20.0. The van der Waals surface area contributed by atoms with Crippen molar-refractivity contribution in [2.75, 3.05) is 5.32 Å². The van der Waals surface area contributed by atoms with Gasteiger partial charge in [-0.15, -0.1) is 8.78 Å². The van der Waals surface area contributed by atoms with Crippen molar-refractivity contribution in [1.29, 1.82) is 0 Å². The Morgan fingerprint density at radius 1 is 1.05 bits per heavy atom. The Hall–Kier alpha value is -4.01. The fourth-order valence-corrected chi connectivity index (χ4v) is 5.07. The van der Waals surface area contributed by atoms with Gasteiger partial charge in [0.1, 0.15) is 5.82 Å². The average Bonchev–Trinajstić information content (AvgIpc) is 3.77. The predicted octanol–water partition coefficient (Wildman–Crippen LogP) is 5.63. The summed E-state index contributed by atoms with van der Waals surface area (Å²) in [7, 11) is 0. The zero-order chi connectivity index (χ0) is 25.9. The Balaban J connectivity index is 1.25. The third-order valence-corrected chi connectivity index (χ3v) is 7.36. The number of aliphatic carboxylic acids is 1. The third kappa shape index (κ3) is 4.28. The maximum atomic E-state index is 13.4. The number of alkyl halides is 2. The van der Waals surface area contributed by atoms with Gasteiger partial charge in [-0.1, -0.05) is 30.3 Å². The number of fused-ring (bicyclic) bond motifs is 1. The lowest BCUT2D eigenvalue weighted by molar-refractivity contribution is -0.286. The van der Waals surface area contributed by atoms with E-state index in [9.17, 15) is 23.5 Å². The number of amides is 1. The third-order valence-electron chi connectivity index (χ3n) is 7.36. The van der Waals surface area contributed by atoms with Crippen molar-refractivity contribution < 1.29 is 33.0 Å². The molecular formula is C28H24F2N2O5. The first-order valence-electron chi connectivity index (χ1n) is 12.2. The normalized spacial score (nSPS) is 19.2. The Bertz CT molecular complexity index is 1430. The highest BCUT2D eigenvalue weighted by atomic mass is 19.3. The molecule has 6 rings (SSSR count). The van der Waals surface area contributed by atoms with E-state index >= 15 is 0 Å². The van der Waals surface area contributed by atoms with Crippen LogP contribution in [-0.2, 0) is 15.0 Å². The molecule has 0 saturated heterocycles. The van der Waals surface area contributed by atoms with Crippen molar-refractivity contribution in [2.24, 2.45) is 5.92 Å². The van der Waals surface area contributed by atoms with Gasteiger partial charge in [-0.25, -0.2) is 4.98 Å². The Morgan fingerprint density at radius 2 is 1.81 bits per heavy atom. The molecule has 0 radical (unpaired) electrons. The summed E-state index contributed by atoms with van der Waals surface area (Å²) in [6, 6.07) is 15.4. The Labute approximate surface area is 211 Å². The molecule has 2 fully saturated rings. The summed E-state index contributed by atoms with van der Waals surface area (Å²) < 4.78 is 35.9. The number of aryl methyl sites for hydroxylation is 1. The molecule has 37 heavy (non-hydrogen) atoms. The lowest BCUT2D eigenvalue weighted by atomic mass is 9.92. The molecule has 7 nitrogen and oxygen atoms in total. The first-order valence-corrected chi connectivity index (χ1v) is 12.2. The fraction of sp³-hybridized carbons (Fsp3) is 0.321. The molecular weight excluding hydrogens is 482 g/mol. The number of nitrogens with zero attached hydrogens (tertiary/aromatic N) is 1. The molecule has 0 spiro atoms. The molecule has 2 saturated carbocycles. The number of nitrogens with one attached hydrogen (secondary N) is 1. The molecule has 2 heterocycles. The van der Waals surface area contributed by atoms with Gasteiger partial charge in [-0.3, -0.25) is 9.59 Å². The number of anilines is 1. The highest BCUT2D eigenvalue weighted by molar-refractivity contribution is 6.01. The quantitative estimate of drug-likeness (QED) is 0.431. The molecule has 0 bridgehead atoms. The molecule has 1 unspecified atom stereocenters. The summed E-state index contributed by atoms with van der Waals surface area (Å²) in [6.07, 6.45) is -0.773. The van der Waals surface area contributed by atoms with E-state index in [1.54, 1.807) is 12.1 Å². The first kappa shape index (κ1) is 23.4. The van der Waals surface area contributed by atoms with Crippen molar-refractivity contribution in [1.82, 2.24) is 4.98 Å². The van der Waals surface area contributed by atoms with Crippen molar-refractivity contribution in [3.05, 3.63) is 71.3 Å². The van der Waals surface area contributed by atoms with E-state index < -0.39 is 23.6 Å². The van der Waals surface area contributed by atoms with Gasteiger partial charge >= 0.3 is 12.3 Å². The van der Waals surface area contributed by atoms with E-state index in [2.05, 4.69) is 19.8 Å². The second-order valence-electron chi connectivity index (χ2n) is 10.0. The molecule has 1 aliphatic heterocycles. The van der Waals surface area contributed by atoms with Crippen molar-refractivity contribution >= 4 is 17.7 Å². The SMILES string of the molecule is Cc1ccc(NC(=O)C2(c3ccc4c(c3)OC(F)(F)O4)CC2)nc1-c1cccc(C(C(=O)O)C2CC2)c1. The maximum absolute atomic E-state index is 13.4. The number of rotatable bonds is 7. The second kappa shape index (κ2) is 8.26. The molecule has 2 aliphatic carbocycles. The predicted molar refractivity (Wildman–Crippen MR) is 130 cm³/mol. The summed E-state index contributed by atoms with van der Waals surface area (Å²) in [4.78, 5) is 29.9. The topological polar surface area (TPSA) is 97.8 Å². The van der Waals surface area contributed by atoms with Crippen LogP contribution in [0, 0.1) is 12.8 Å². The van der Waals surface area contributed by atoms with Gasteiger partial charge in [0.25, 0.3) is 0 Å². The number of carbonyl (C=O) groups is 2. The highest BCUT2D eigenvalue weighted by Gasteiger charge is 2.53. The zero-order valence-electron chi connectivity index (χ0n) is 20.0. The summed E-state index contributed by atoms with van der Waals surface area (Å²) >= 11 is 0. The van der Waals surface area contributed by atoms with Gasteiger partial charge < -0.3 is 19.9 Å². The minimum atomic E-state index is -3.72. The van der Waals surface area contributed by atoms with Crippen LogP contribution in [0.5, 0.6) is 11.5 Å². The first-order chi connectivity index (χ1) is 17.6. The lowest BCUT2D eigenvalue weighted by Crippen LogP contribution is -2.28. The molecule has 1 aromatic heterocycles. The lowest BCUT2D eigenvalue weighted by Gasteiger charge is -2.17. The van der Waals surface area contributed by atoms with E-state index in [-0.39, 0.29) is 23.3 Å². The molecule has 1 amide bonds. The van der Waals surface area contributed by atoms with Crippen LogP contribution in [0.2, 0.25) is 0 Å². The molecule has 190 valence electrons. The molecule has 9 heteroatoms. The number of carbonyl (C=O) groups excluding carboxylic acids is 1. The monoisotopic (exact) mass is 506 g/mol. The molecule has 2 N–H and O–H groups in total. The van der Waals surface area contributed by atoms with E-state index in [1.807, 2.05) is 37.3 Å². The standard InChI is InChI=1S/C28H24F2N2O5/c1-15-5-10-22(31-24(15)18-4-2-3-17(13-18)23(25(33)34)16-6-7-16)32-26(35)27(11-12-27)19-8-9-20-21(14-19)37-28(29,30)36-20/h2-5,8-10,13-14,16,23H,6-7,11-12H2,1H3,(H,33,34)(H,31,32,35). The summed E-state index contributed by atoms with van der Waals surface area (Å²) in [5, 5.41) is 12.6. The van der Waals surface area contributed by atoms with Crippen LogP contribution in [0.4, 0.5) is 14.6 Å². The number of benzene rings is 2. The van der Waals surface area contributed by atoms with E-state index in [0.717, 1.165) is 29.5 Å². The molecule has 3 aliphatic rings. The van der Waals surface area contributed by atoms with Crippen LogP contribution in [0.3, 0.4) is 0 Å². The number of hydrogen-bond donors (Lipinski definition) is 2. The van der Waals surface area contributed by atoms with Gasteiger partial charge in [0.05, 0.1) is 17.0 Å². The highest BCUT2D eigenvalue weighted by Crippen LogP contribution is 2.52.